The topological polar surface area (TPSA) is 67.8 Å². The molecule has 22 heavy (non-hydrogen) atoms. The third kappa shape index (κ3) is 4.23. The maximum absolute atomic E-state index is 12.3. The summed E-state index contributed by atoms with van der Waals surface area (Å²) in [6, 6.07) is 0.322. The van der Waals surface area contributed by atoms with Crippen LogP contribution in [0.4, 0.5) is 0 Å². The minimum absolute atomic E-state index is 0.0843. The average molecular weight is 309 g/mol. The Morgan fingerprint density at radius 3 is 2.77 bits per heavy atom. The molecule has 2 aliphatic carbocycles. The van der Waals surface area contributed by atoms with E-state index in [1.54, 1.807) is 0 Å². The fraction of sp³-hybridized carbons (Fsp3) is 0.824. The Bertz CT molecular complexity index is 415. The van der Waals surface area contributed by atoms with Crippen LogP contribution in [-0.4, -0.2) is 36.6 Å². The van der Waals surface area contributed by atoms with Gasteiger partial charge in [0.1, 0.15) is 0 Å². The Balaban J connectivity index is 1.53. The third-order valence-electron chi connectivity index (χ3n) is 4.84. The smallest absolute Gasteiger partial charge is 0.286 e. The first kappa shape index (κ1) is 15.8. The monoisotopic (exact) mass is 309 g/mol. The van der Waals surface area contributed by atoms with Crippen LogP contribution < -0.4 is 5.32 Å². The number of carbonyl (C=O) groups is 1. The number of allylic oxidation sites excluding steroid dienone is 1. The van der Waals surface area contributed by atoms with Gasteiger partial charge < -0.3 is 19.9 Å². The molecule has 2 atom stereocenters. The summed E-state index contributed by atoms with van der Waals surface area (Å²) >= 11 is 0. The first-order valence-corrected chi connectivity index (χ1v) is 8.68. The molecule has 2 saturated carbocycles. The second-order valence-corrected chi connectivity index (χ2v) is 6.72. The molecule has 1 aliphatic heterocycles. The van der Waals surface area contributed by atoms with Crippen molar-refractivity contribution in [2.45, 2.75) is 63.7 Å². The van der Waals surface area contributed by atoms with E-state index in [2.05, 4.69) is 5.32 Å². The largest absolute Gasteiger partial charge is 0.459 e. The molecular weight excluding hydrogens is 282 g/mol. The lowest BCUT2D eigenvalue weighted by molar-refractivity contribution is -0.150. The summed E-state index contributed by atoms with van der Waals surface area (Å²) in [7, 11) is 0. The van der Waals surface area contributed by atoms with Crippen LogP contribution in [0.25, 0.3) is 0 Å². The zero-order valence-corrected chi connectivity index (χ0v) is 13.1. The molecule has 1 amide bonds. The number of hydrogen-bond donors (Lipinski definition) is 2. The van der Waals surface area contributed by atoms with Gasteiger partial charge in [-0.05, 0) is 62.9 Å². The summed E-state index contributed by atoms with van der Waals surface area (Å²) < 4.78 is 11.5. The number of unbranched alkanes of at least 4 members (excludes halogenated alkanes) is 1. The highest BCUT2D eigenvalue weighted by molar-refractivity contribution is 5.91. The van der Waals surface area contributed by atoms with Crippen LogP contribution >= 0.6 is 0 Å². The molecular formula is C17H27NO4. The minimum atomic E-state index is -0.323. The average Bonchev–Trinajstić information content (AvgIpc) is 3.31. The lowest BCUT2D eigenvalue weighted by atomic mass is 9.92. The van der Waals surface area contributed by atoms with Gasteiger partial charge >= 0.3 is 0 Å². The standard InChI is InChI=1S/C17H27NO4/c19-8-1-2-9-21-16-11-13(12-6-7-12)10-15(22-16)17(20)18-14-4-3-5-14/h10,12-14,16,19H,1-9,11H2,(H,18,20)/t13-,16+/m1/s1. The molecule has 2 N–H and O–H groups in total. The molecule has 3 aliphatic rings. The van der Waals surface area contributed by atoms with Gasteiger partial charge in [-0.15, -0.1) is 0 Å². The summed E-state index contributed by atoms with van der Waals surface area (Å²) in [6.45, 7) is 0.759. The quantitative estimate of drug-likeness (QED) is 0.674. The Morgan fingerprint density at radius 2 is 2.14 bits per heavy atom. The van der Waals surface area contributed by atoms with Crippen molar-refractivity contribution < 1.29 is 19.4 Å². The van der Waals surface area contributed by atoms with Crippen molar-refractivity contribution in [2.75, 3.05) is 13.2 Å². The zero-order valence-electron chi connectivity index (χ0n) is 13.1. The summed E-state index contributed by atoms with van der Waals surface area (Å²) in [5, 5.41) is 11.8. The van der Waals surface area contributed by atoms with Crippen molar-refractivity contribution in [3.63, 3.8) is 0 Å². The number of aliphatic hydroxyl groups is 1. The van der Waals surface area contributed by atoms with Crippen LogP contribution in [0.15, 0.2) is 11.8 Å². The Hall–Kier alpha value is -1.07. The van der Waals surface area contributed by atoms with Crippen LogP contribution in [0.3, 0.4) is 0 Å². The van der Waals surface area contributed by atoms with E-state index in [0.29, 0.717) is 30.2 Å². The van der Waals surface area contributed by atoms with Gasteiger partial charge in [0, 0.05) is 19.1 Å². The minimum Gasteiger partial charge on any atom is -0.459 e. The number of carbonyl (C=O) groups excluding carboxylic acids is 1. The van der Waals surface area contributed by atoms with Gasteiger partial charge in [-0.25, -0.2) is 0 Å². The number of amides is 1. The number of hydrogen-bond acceptors (Lipinski definition) is 4. The molecule has 5 nitrogen and oxygen atoms in total. The van der Waals surface area contributed by atoms with Crippen LogP contribution in [0, 0.1) is 11.8 Å². The Labute approximate surface area is 132 Å². The van der Waals surface area contributed by atoms with Crippen LogP contribution in [0.1, 0.15) is 51.4 Å². The third-order valence-corrected chi connectivity index (χ3v) is 4.84. The number of aliphatic hydroxyl groups excluding tert-OH is 1. The van der Waals surface area contributed by atoms with E-state index in [1.807, 2.05) is 6.08 Å². The number of rotatable bonds is 8. The van der Waals surface area contributed by atoms with Gasteiger partial charge in [-0.3, -0.25) is 4.79 Å². The van der Waals surface area contributed by atoms with Gasteiger partial charge in [-0.2, -0.15) is 0 Å². The van der Waals surface area contributed by atoms with E-state index in [9.17, 15) is 4.79 Å². The van der Waals surface area contributed by atoms with Gasteiger partial charge in [-0.1, -0.05) is 0 Å². The van der Waals surface area contributed by atoms with Gasteiger partial charge in [0.05, 0.1) is 6.61 Å². The van der Waals surface area contributed by atoms with E-state index >= 15 is 0 Å². The van der Waals surface area contributed by atoms with E-state index in [1.165, 1.54) is 19.3 Å². The van der Waals surface area contributed by atoms with E-state index in [-0.39, 0.29) is 18.8 Å². The lowest BCUT2D eigenvalue weighted by Gasteiger charge is -2.31. The molecule has 0 bridgehead atoms. The van der Waals surface area contributed by atoms with Crippen molar-refractivity contribution in [3.8, 4) is 0 Å². The maximum atomic E-state index is 12.3. The summed E-state index contributed by atoms with van der Waals surface area (Å²) in [4.78, 5) is 12.3. The molecule has 2 fully saturated rings. The molecule has 0 aromatic carbocycles. The Morgan fingerprint density at radius 1 is 1.32 bits per heavy atom. The molecule has 5 heteroatoms. The molecule has 0 spiro atoms. The molecule has 0 aromatic rings. The predicted molar refractivity (Wildman–Crippen MR) is 81.8 cm³/mol. The Kier molecular flexibility index (Phi) is 5.37. The first-order chi connectivity index (χ1) is 10.8. The van der Waals surface area contributed by atoms with E-state index < -0.39 is 0 Å². The second-order valence-electron chi connectivity index (χ2n) is 6.72. The molecule has 0 radical (unpaired) electrons. The zero-order chi connectivity index (χ0) is 15.4. The first-order valence-electron chi connectivity index (χ1n) is 8.68. The van der Waals surface area contributed by atoms with E-state index in [4.69, 9.17) is 14.6 Å². The molecule has 0 aromatic heterocycles. The molecule has 3 rings (SSSR count). The summed E-state index contributed by atoms with van der Waals surface area (Å²) in [6.07, 6.45) is 9.93. The van der Waals surface area contributed by atoms with Crippen LogP contribution in [0.5, 0.6) is 0 Å². The van der Waals surface area contributed by atoms with Crippen molar-refractivity contribution in [3.05, 3.63) is 11.8 Å². The van der Waals surface area contributed by atoms with E-state index in [0.717, 1.165) is 32.1 Å². The highest BCUT2D eigenvalue weighted by atomic mass is 16.7. The van der Waals surface area contributed by atoms with Crippen molar-refractivity contribution in [1.29, 1.82) is 0 Å². The highest BCUT2D eigenvalue weighted by Crippen LogP contribution is 2.42. The lowest BCUT2D eigenvalue weighted by Crippen LogP contribution is -2.42. The SMILES string of the molecule is O=C(NC1CCC1)C1=C[C@@H](C2CC2)C[C@@H](OCCCCO)O1. The van der Waals surface area contributed by atoms with Gasteiger partial charge in [0.2, 0.25) is 6.29 Å². The number of nitrogens with one attached hydrogen (secondary N) is 1. The maximum Gasteiger partial charge on any atom is 0.286 e. The van der Waals surface area contributed by atoms with Crippen molar-refractivity contribution >= 4 is 5.91 Å². The summed E-state index contributed by atoms with van der Waals surface area (Å²) in [5.74, 6) is 1.46. The predicted octanol–water partition coefficient (Wildman–Crippen LogP) is 2.10. The van der Waals surface area contributed by atoms with Gasteiger partial charge in [0.15, 0.2) is 5.76 Å². The van der Waals surface area contributed by atoms with Crippen LogP contribution in [0.2, 0.25) is 0 Å². The van der Waals surface area contributed by atoms with Crippen LogP contribution in [-0.2, 0) is 14.3 Å². The molecule has 0 saturated heterocycles. The van der Waals surface area contributed by atoms with Crippen molar-refractivity contribution in [2.24, 2.45) is 11.8 Å². The number of ether oxygens (including phenoxy) is 2. The fourth-order valence-electron chi connectivity index (χ4n) is 3.04. The summed E-state index contributed by atoms with van der Waals surface area (Å²) in [5.41, 5.74) is 0. The molecule has 0 unspecified atom stereocenters. The van der Waals surface area contributed by atoms with Crippen molar-refractivity contribution in [1.82, 2.24) is 5.32 Å². The molecule has 124 valence electrons. The normalized spacial score (nSPS) is 28.5. The fourth-order valence-corrected chi connectivity index (χ4v) is 3.04. The second kappa shape index (κ2) is 7.47. The highest BCUT2D eigenvalue weighted by Gasteiger charge is 2.37. The molecule has 1 heterocycles. The van der Waals surface area contributed by atoms with Gasteiger partial charge in [0.25, 0.3) is 5.91 Å².